The fourth-order valence-electron chi connectivity index (χ4n) is 2.47. The van der Waals surface area contributed by atoms with E-state index in [1.807, 2.05) is 50.2 Å². The van der Waals surface area contributed by atoms with E-state index in [-0.39, 0.29) is 0 Å². The second-order valence-electron chi connectivity index (χ2n) is 6.50. The highest BCUT2D eigenvalue weighted by Crippen LogP contribution is 2.02. The van der Waals surface area contributed by atoms with E-state index in [0.717, 1.165) is 52.1 Å². The molecule has 152 valence electrons. The maximum atomic E-state index is 5.53. The molecule has 0 aliphatic carbocycles. The summed E-state index contributed by atoms with van der Waals surface area (Å²) in [7, 11) is 0. The van der Waals surface area contributed by atoms with Crippen molar-refractivity contribution < 1.29 is 9.47 Å². The molecular formula is C26H36O2. The number of ether oxygens (including phenoxy) is 2. The molecular weight excluding hydrogens is 344 g/mol. The van der Waals surface area contributed by atoms with Crippen molar-refractivity contribution in [1.82, 2.24) is 0 Å². The van der Waals surface area contributed by atoms with E-state index >= 15 is 0 Å². The van der Waals surface area contributed by atoms with E-state index in [4.69, 9.17) is 9.47 Å². The van der Waals surface area contributed by atoms with Gasteiger partial charge in [0.05, 0.1) is 13.2 Å². The first kappa shape index (κ1) is 23.9. The molecule has 0 aromatic heterocycles. The number of rotatable bonds is 12. The summed E-state index contributed by atoms with van der Waals surface area (Å²) in [4.78, 5) is 0. The zero-order valence-electron chi connectivity index (χ0n) is 17.6. The van der Waals surface area contributed by atoms with Crippen molar-refractivity contribution in [2.45, 2.75) is 52.7 Å². The molecule has 0 heterocycles. The minimum absolute atomic E-state index is 0.733. The summed E-state index contributed by atoms with van der Waals surface area (Å²) >= 11 is 0. The average Bonchev–Trinajstić information content (AvgIpc) is 2.75. The minimum atomic E-state index is 0.733. The first-order valence-corrected chi connectivity index (χ1v) is 10.3. The van der Waals surface area contributed by atoms with Crippen molar-refractivity contribution >= 4 is 0 Å². The van der Waals surface area contributed by atoms with Crippen molar-refractivity contribution in [2.75, 3.05) is 13.2 Å². The van der Waals surface area contributed by atoms with Crippen LogP contribution in [-0.2, 0) is 22.7 Å². The highest BCUT2D eigenvalue weighted by molar-refractivity contribution is 5.14. The molecule has 0 spiro atoms. The summed E-state index contributed by atoms with van der Waals surface area (Å²) in [6.07, 6.45) is 13.0. The molecule has 2 aromatic carbocycles. The fourth-order valence-corrected chi connectivity index (χ4v) is 2.47. The van der Waals surface area contributed by atoms with Gasteiger partial charge in [0.2, 0.25) is 0 Å². The first-order valence-electron chi connectivity index (χ1n) is 10.3. The zero-order valence-corrected chi connectivity index (χ0v) is 17.6. The molecule has 0 atom stereocenters. The van der Waals surface area contributed by atoms with Gasteiger partial charge in [-0.15, -0.1) is 0 Å². The SMILES string of the molecule is CC=CCCCOCc1ccccc1.CC=CCCCOCc1ccccc1. The molecule has 0 aliphatic rings. The lowest BCUT2D eigenvalue weighted by Crippen LogP contribution is -1.94. The second kappa shape index (κ2) is 18.2. The molecule has 2 nitrogen and oxygen atoms in total. The van der Waals surface area contributed by atoms with Crippen LogP contribution in [0.5, 0.6) is 0 Å². The molecule has 0 radical (unpaired) electrons. The topological polar surface area (TPSA) is 18.5 Å². The van der Waals surface area contributed by atoms with Gasteiger partial charge in [0.15, 0.2) is 0 Å². The number of hydrogen-bond donors (Lipinski definition) is 0. The third-order valence-electron chi connectivity index (χ3n) is 4.01. The van der Waals surface area contributed by atoms with Crippen LogP contribution in [0.4, 0.5) is 0 Å². The molecule has 0 aliphatic heterocycles. The van der Waals surface area contributed by atoms with E-state index in [0.29, 0.717) is 0 Å². The molecule has 2 rings (SSSR count). The maximum absolute atomic E-state index is 5.53. The Hall–Kier alpha value is -2.16. The number of hydrogen-bond acceptors (Lipinski definition) is 2. The third kappa shape index (κ3) is 14.0. The van der Waals surface area contributed by atoms with Crippen molar-refractivity contribution in [2.24, 2.45) is 0 Å². The van der Waals surface area contributed by atoms with Crippen LogP contribution in [0.2, 0.25) is 0 Å². The molecule has 0 fully saturated rings. The highest BCUT2D eigenvalue weighted by Gasteiger charge is 1.91. The summed E-state index contributed by atoms with van der Waals surface area (Å²) in [6.45, 7) is 7.25. The van der Waals surface area contributed by atoms with Gasteiger partial charge in [-0.3, -0.25) is 0 Å². The van der Waals surface area contributed by atoms with Gasteiger partial charge in [-0.2, -0.15) is 0 Å². The van der Waals surface area contributed by atoms with Gasteiger partial charge in [0, 0.05) is 13.2 Å². The summed E-state index contributed by atoms with van der Waals surface area (Å²) in [5.74, 6) is 0. The van der Waals surface area contributed by atoms with E-state index in [1.54, 1.807) is 0 Å². The van der Waals surface area contributed by atoms with Crippen molar-refractivity contribution in [3.8, 4) is 0 Å². The summed E-state index contributed by atoms with van der Waals surface area (Å²) < 4.78 is 11.1. The van der Waals surface area contributed by atoms with Crippen LogP contribution in [0.1, 0.15) is 50.7 Å². The van der Waals surface area contributed by atoms with Crippen molar-refractivity contribution in [3.63, 3.8) is 0 Å². The van der Waals surface area contributed by atoms with Crippen LogP contribution in [-0.4, -0.2) is 13.2 Å². The Morgan fingerprint density at radius 3 is 1.36 bits per heavy atom. The number of benzene rings is 2. The molecule has 0 saturated heterocycles. The Morgan fingerprint density at radius 2 is 1.00 bits per heavy atom. The van der Waals surface area contributed by atoms with Crippen molar-refractivity contribution in [3.05, 3.63) is 96.1 Å². The van der Waals surface area contributed by atoms with Crippen LogP contribution in [0.25, 0.3) is 0 Å². The van der Waals surface area contributed by atoms with Crippen LogP contribution >= 0.6 is 0 Å². The van der Waals surface area contributed by atoms with E-state index in [9.17, 15) is 0 Å². The maximum Gasteiger partial charge on any atom is 0.0716 e. The molecule has 0 amide bonds. The van der Waals surface area contributed by atoms with Crippen LogP contribution in [0.3, 0.4) is 0 Å². The average molecular weight is 381 g/mol. The summed E-state index contributed by atoms with van der Waals surface area (Å²) in [6, 6.07) is 20.6. The predicted molar refractivity (Wildman–Crippen MR) is 120 cm³/mol. The lowest BCUT2D eigenvalue weighted by Gasteiger charge is -2.02. The first-order chi connectivity index (χ1) is 13.9. The lowest BCUT2D eigenvalue weighted by atomic mass is 10.2. The van der Waals surface area contributed by atoms with Gasteiger partial charge < -0.3 is 9.47 Å². The van der Waals surface area contributed by atoms with E-state index < -0.39 is 0 Å². The Bertz CT molecular complexity index is 560. The number of unbranched alkanes of at least 4 members (excludes halogenated alkanes) is 2. The Labute approximate surface area is 171 Å². The van der Waals surface area contributed by atoms with Gasteiger partial charge in [-0.25, -0.2) is 0 Å². The van der Waals surface area contributed by atoms with Gasteiger partial charge in [0.25, 0.3) is 0 Å². The molecule has 0 unspecified atom stereocenters. The summed E-state index contributed by atoms with van der Waals surface area (Å²) in [5, 5.41) is 0. The molecule has 28 heavy (non-hydrogen) atoms. The molecule has 0 saturated carbocycles. The molecule has 2 heteroatoms. The summed E-state index contributed by atoms with van der Waals surface area (Å²) in [5.41, 5.74) is 2.50. The standard InChI is InChI=1S/2C13H18O/c2*1-2-3-4-8-11-14-12-13-9-6-5-7-10-13/h2*2-3,5-7,9-10H,4,8,11-12H2,1H3. The van der Waals surface area contributed by atoms with Crippen molar-refractivity contribution in [1.29, 1.82) is 0 Å². The van der Waals surface area contributed by atoms with Gasteiger partial charge in [0.1, 0.15) is 0 Å². The zero-order chi connectivity index (χ0) is 20.1. The van der Waals surface area contributed by atoms with Gasteiger partial charge in [-0.05, 0) is 50.7 Å². The fraction of sp³-hybridized carbons (Fsp3) is 0.385. The Morgan fingerprint density at radius 1 is 0.607 bits per heavy atom. The van der Waals surface area contributed by atoms with Crippen LogP contribution in [0, 0.1) is 0 Å². The smallest absolute Gasteiger partial charge is 0.0716 e. The van der Waals surface area contributed by atoms with Gasteiger partial charge >= 0.3 is 0 Å². The molecule has 2 aromatic rings. The van der Waals surface area contributed by atoms with Crippen LogP contribution < -0.4 is 0 Å². The lowest BCUT2D eigenvalue weighted by molar-refractivity contribution is 0.119. The highest BCUT2D eigenvalue weighted by atomic mass is 16.5. The third-order valence-corrected chi connectivity index (χ3v) is 4.01. The largest absolute Gasteiger partial charge is 0.377 e. The van der Waals surface area contributed by atoms with Gasteiger partial charge in [-0.1, -0.05) is 85.0 Å². The number of allylic oxidation sites excluding steroid dienone is 4. The Kier molecular flexibility index (Phi) is 15.5. The van der Waals surface area contributed by atoms with Crippen LogP contribution in [0.15, 0.2) is 85.0 Å². The predicted octanol–water partition coefficient (Wildman–Crippen LogP) is 7.12. The van der Waals surface area contributed by atoms with E-state index in [2.05, 4.69) is 48.6 Å². The molecule has 0 bridgehead atoms. The minimum Gasteiger partial charge on any atom is -0.377 e. The quantitative estimate of drug-likeness (QED) is 0.288. The monoisotopic (exact) mass is 380 g/mol. The van der Waals surface area contributed by atoms with E-state index in [1.165, 1.54) is 11.1 Å². The normalized spacial score (nSPS) is 10.9. The molecule has 0 N–H and O–H groups in total. The second-order valence-corrected chi connectivity index (χ2v) is 6.50. The Balaban J connectivity index is 0.000000280.